The predicted octanol–water partition coefficient (Wildman–Crippen LogP) is 4.37. The number of furan rings is 1. The highest BCUT2D eigenvalue weighted by Gasteiger charge is 2.29. The summed E-state index contributed by atoms with van der Waals surface area (Å²) in [5.41, 5.74) is 8.66. The van der Waals surface area contributed by atoms with Crippen molar-refractivity contribution in [2.24, 2.45) is 0 Å². The molecule has 0 spiro atoms. The van der Waals surface area contributed by atoms with E-state index in [-0.39, 0.29) is 12.1 Å². The molecule has 2 atom stereocenters. The van der Waals surface area contributed by atoms with E-state index < -0.39 is 0 Å². The van der Waals surface area contributed by atoms with Crippen molar-refractivity contribution in [2.75, 3.05) is 0 Å². The van der Waals surface area contributed by atoms with Crippen molar-refractivity contribution < 1.29 is 4.42 Å². The second-order valence-corrected chi connectivity index (χ2v) is 5.74. The molecule has 1 aliphatic rings. The van der Waals surface area contributed by atoms with Crippen molar-refractivity contribution in [2.45, 2.75) is 18.5 Å². The molecule has 0 bridgehead atoms. The molecule has 0 amide bonds. The fraction of sp³-hybridized carbons (Fsp3) is 0.176. The minimum Gasteiger partial charge on any atom is -0.459 e. The molecule has 1 aliphatic heterocycles. The van der Waals surface area contributed by atoms with E-state index in [2.05, 4.69) is 29.1 Å². The van der Waals surface area contributed by atoms with E-state index in [1.54, 1.807) is 0 Å². The summed E-state index contributed by atoms with van der Waals surface area (Å²) < 4.78 is 5.93. The molecule has 2 unspecified atom stereocenters. The van der Waals surface area contributed by atoms with Crippen molar-refractivity contribution in [3.8, 4) is 0 Å². The molecule has 2 aromatic carbocycles. The van der Waals surface area contributed by atoms with Crippen LogP contribution in [-0.4, -0.2) is 0 Å². The van der Waals surface area contributed by atoms with Gasteiger partial charge < -0.3 is 4.42 Å². The van der Waals surface area contributed by atoms with Crippen LogP contribution in [-0.2, 0) is 0 Å². The van der Waals surface area contributed by atoms with Gasteiger partial charge in [-0.1, -0.05) is 48.0 Å². The molecule has 4 rings (SSSR count). The van der Waals surface area contributed by atoms with E-state index >= 15 is 0 Å². The maximum Gasteiger partial charge on any atom is 0.134 e. The van der Waals surface area contributed by atoms with Crippen LogP contribution >= 0.6 is 11.6 Å². The molecule has 3 aromatic rings. The Labute approximate surface area is 127 Å². The van der Waals surface area contributed by atoms with Crippen molar-refractivity contribution in [3.63, 3.8) is 0 Å². The molecule has 0 aliphatic carbocycles. The lowest BCUT2D eigenvalue weighted by Gasteiger charge is -2.11. The summed E-state index contributed by atoms with van der Waals surface area (Å²) in [6.45, 7) is 0. The number of rotatable bonds is 2. The lowest BCUT2D eigenvalue weighted by Crippen LogP contribution is -2.26. The maximum atomic E-state index is 6.27. The van der Waals surface area contributed by atoms with Crippen molar-refractivity contribution in [3.05, 3.63) is 70.9 Å². The molecule has 2 heterocycles. The molecule has 0 radical (unpaired) electrons. The SMILES string of the molecule is Clc1ccccc1C1CC(c2cc3ccccc3o2)NN1. The van der Waals surface area contributed by atoms with Crippen molar-refractivity contribution >= 4 is 22.6 Å². The summed E-state index contributed by atoms with van der Waals surface area (Å²) in [5, 5.41) is 1.93. The summed E-state index contributed by atoms with van der Waals surface area (Å²) in [4.78, 5) is 0. The summed E-state index contributed by atoms with van der Waals surface area (Å²) in [6, 6.07) is 18.5. The van der Waals surface area contributed by atoms with E-state index in [1.807, 2.05) is 36.4 Å². The van der Waals surface area contributed by atoms with Gasteiger partial charge >= 0.3 is 0 Å². The zero-order valence-corrected chi connectivity index (χ0v) is 12.1. The highest BCUT2D eigenvalue weighted by molar-refractivity contribution is 6.31. The number of nitrogens with one attached hydrogen (secondary N) is 2. The fourth-order valence-corrected chi connectivity index (χ4v) is 3.15. The third kappa shape index (κ3) is 2.33. The monoisotopic (exact) mass is 298 g/mol. The normalized spacial score (nSPS) is 22.0. The quantitative estimate of drug-likeness (QED) is 0.738. The van der Waals surface area contributed by atoms with Crippen molar-refractivity contribution in [1.29, 1.82) is 0 Å². The topological polar surface area (TPSA) is 37.2 Å². The third-order valence-electron chi connectivity index (χ3n) is 3.97. The Hall–Kier alpha value is -1.81. The van der Waals surface area contributed by atoms with Crippen LogP contribution in [0.15, 0.2) is 59.0 Å². The molecule has 1 saturated heterocycles. The smallest absolute Gasteiger partial charge is 0.134 e. The van der Waals surface area contributed by atoms with Gasteiger partial charge in [0.25, 0.3) is 0 Å². The number of para-hydroxylation sites is 1. The van der Waals surface area contributed by atoms with Crippen LogP contribution in [0.5, 0.6) is 0 Å². The van der Waals surface area contributed by atoms with E-state index in [1.165, 1.54) is 0 Å². The van der Waals surface area contributed by atoms with Gasteiger partial charge in [0.2, 0.25) is 0 Å². The van der Waals surface area contributed by atoms with Crippen LogP contribution in [0.1, 0.15) is 29.8 Å². The minimum absolute atomic E-state index is 0.152. The molecule has 106 valence electrons. The Balaban J connectivity index is 1.60. The van der Waals surface area contributed by atoms with Crippen LogP contribution < -0.4 is 10.9 Å². The van der Waals surface area contributed by atoms with Gasteiger partial charge in [0.15, 0.2) is 0 Å². The first kappa shape index (κ1) is 12.9. The number of hydrogen-bond donors (Lipinski definition) is 2. The van der Waals surface area contributed by atoms with Gasteiger partial charge in [0.1, 0.15) is 11.3 Å². The molecule has 1 fully saturated rings. The van der Waals surface area contributed by atoms with Crippen LogP contribution in [0.4, 0.5) is 0 Å². The summed E-state index contributed by atoms with van der Waals surface area (Å²) in [7, 11) is 0. The van der Waals surface area contributed by atoms with Gasteiger partial charge in [0.05, 0.1) is 6.04 Å². The molecule has 4 heteroatoms. The highest BCUT2D eigenvalue weighted by Crippen LogP contribution is 2.35. The average Bonchev–Trinajstić information content (AvgIpc) is 3.14. The average molecular weight is 299 g/mol. The van der Waals surface area contributed by atoms with Gasteiger partial charge in [-0.2, -0.15) is 0 Å². The first-order valence-electron chi connectivity index (χ1n) is 7.05. The van der Waals surface area contributed by atoms with Gasteiger partial charge in [-0.3, -0.25) is 0 Å². The molecular weight excluding hydrogens is 284 g/mol. The van der Waals surface area contributed by atoms with E-state index in [4.69, 9.17) is 16.0 Å². The molecular formula is C17H15ClN2O. The Morgan fingerprint density at radius 3 is 2.57 bits per heavy atom. The van der Waals surface area contributed by atoms with E-state index in [0.717, 1.165) is 33.7 Å². The number of hydrogen-bond acceptors (Lipinski definition) is 3. The molecule has 2 N–H and O–H groups in total. The second-order valence-electron chi connectivity index (χ2n) is 5.34. The fourth-order valence-electron chi connectivity index (χ4n) is 2.88. The summed E-state index contributed by atoms with van der Waals surface area (Å²) in [6.07, 6.45) is 0.906. The van der Waals surface area contributed by atoms with Crippen LogP contribution in [0, 0.1) is 0 Å². The van der Waals surface area contributed by atoms with Gasteiger partial charge in [-0.25, -0.2) is 10.9 Å². The first-order valence-corrected chi connectivity index (χ1v) is 7.43. The molecule has 0 saturated carbocycles. The predicted molar refractivity (Wildman–Crippen MR) is 84.0 cm³/mol. The number of hydrazine groups is 1. The Bertz CT molecular complexity index is 750. The van der Waals surface area contributed by atoms with Crippen molar-refractivity contribution in [1.82, 2.24) is 10.9 Å². The standard InChI is InChI=1S/C17H15ClN2O/c18-13-7-3-2-6-12(13)14-10-15(20-19-14)17-9-11-5-1-4-8-16(11)21-17/h1-9,14-15,19-20H,10H2. The number of halogens is 1. The largest absolute Gasteiger partial charge is 0.459 e. The van der Waals surface area contributed by atoms with Crippen LogP contribution in [0.3, 0.4) is 0 Å². The number of benzene rings is 2. The van der Waals surface area contributed by atoms with E-state index in [9.17, 15) is 0 Å². The van der Waals surface area contributed by atoms with Gasteiger partial charge in [-0.05, 0) is 30.2 Å². The lowest BCUT2D eigenvalue weighted by atomic mass is 10.0. The zero-order valence-electron chi connectivity index (χ0n) is 11.3. The first-order chi connectivity index (χ1) is 10.3. The molecule has 3 nitrogen and oxygen atoms in total. The number of fused-ring (bicyclic) bond motifs is 1. The Kier molecular flexibility index (Phi) is 3.19. The maximum absolute atomic E-state index is 6.27. The van der Waals surface area contributed by atoms with E-state index in [0.29, 0.717) is 0 Å². The van der Waals surface area contributed by atoms with Gasteiger partial charge in [-0.15, -0.1) is 0 Å². The lowest BCUT2D eigenvalue weighted by molar-refractivity contribution is 0.455. The molecule has 1 aromatic heterocycles. The Morgan fingerprint density at radius 2 is 1.71 bits per heavy atom. The zero-order chi connectivity index (χ0) is 14.2. The van der Waals surface area contributed by atoms with Gasteiger partial charge in [0, 0.05) is 16.5 Å². The van der Waals surface area contributed by atoms with Crippen LogP contribution in [0.25, 0.3) is 11.0 Å². The minimum atomic E-state index is 0.152. The van der Waals surface area contributed by atoms with Crippen LogP contribution in [0.2, 0.25) is 5.02 Å². The highest BCUT2D eigenvalue weighted by atomic mass is 35.5. The third-order valence-corrected chi connectivity index (χ3v) is 4.32. The second kappa shape index (κ2) is 5.19. The molecule has 21 heavy (non-hydrogen) atoms. The Morgan fingerprint density at radius 1 is 0.952 bits per heavy atom. The summed E-state index contributed by atoms with van der Waals surface area (Å²) in [5.74, 6) is 0.957. The summed E-state index contributed by atoms with van der Waals surface area (Å²) >= 11 is 6.27.